The molecule has 1 aliphatic heterocycles. The van der Waals surface area contributed by atoms with Crippen LogP contribution in [0.3, 0.4) is 0 Å². The summed E-state index contributed by atoms with van der Waals surface area (Å²) in [6, 6.07) is 1.99. The first-order valence-electron chi connectivity index (χ1n) is 7.19. The van der Waals surface area contributed by atoms with E-state index in [1.807, 2.05) is 12.3 Å². The molecule has 3 N–H and O–H groups in total. The number of hydrogen-bond acceptors (Lipinski definition) is 5. The van der Waals surface area contributed by atoms with E-state index in [9.17, 15) is 9.59 Å². The van der Waals surface area contributed by atoms with Crippen molar-refractivity contribution in [2.75, 3.05) is 31.1 Å². The zero-order valence-corrected chi connectivity index (χ0v) is 13.4. The number of rotatable bonds is 3. The van der Waals surface area contributed by atoms with E-state index in [4.69, 9.17) is 21.8 Å². The fraction of sp³-hybridized carbons (Fsp3) is 0.400. The molecular formula is C15H20ClN3O4. The van der Waals surface area contributed by atoms with Gasteiger partial charge in [0.25, 0.3) is 0 Å². The van der Waals surface area contributed by atoms with Crippen molar-refractivity contribution < 1.29 is 19.8 Å². The van der Waals surface area contributed by atoms with Gasteiger partial charge in [-0.1, -0.05) is 11.6 Å². The molecule has 7 nitrogen and oxygen atoms in total. The number of nitrogens with one attached hydrogen (secondary N) is 1. The number of carboxylic acids is 2. The van der Waals surface area contributed by atoms with E-state index in [1.54, 1.807) is 6.20 Å². The molecule has 0 unspecified atom stereocenters. The second kappa shape index (κ2) is 10.6. The van der Waals surface area contributed by atoms with Gasteiger partial charge in [0.05, 0.1) is 16.9 Å². The highest BCUT2D eigenvalue weighted by atomic mass is 35.5. The maximum Gasteiger partial charge on any atom is 0.328 e. The third-order valence-corrected chi connectivity index (χ3v) is 3.19. The highest BCUT2D eigenvalue weighted by Gasteiger charge is 2.08. The second-order valence-corrected chi connectivity index (χ2v) is 5.25. The van der Waals surface area contributed by atoms with Gasteiger partial charge in [-0.15, -0.1) is 0 Å². The van der Waals surface area contributed by atoms with Gasteiger partial charge in [0.1, 0.15) is 0 Å². The van der Waals surface area contributed by atoms with Crippen molar-refractivity contribution in [2.24, 2.45) is 0 Å². The van der Waals surface area contributed by atoms with Crippen molar-refractivity contribution in [1.82, 2.24) is 10.3 Å². The number of aromatic nitrogens is 1. The first kappa shape index (κ1) is 18.9. The lowest BCUT2D eigenvalue weighted by molar-refractivity contribution is -0.134. The Morgan fingerprint density at radius 2 is 1.70 bits per heavy atom. The molecule has 126 valence electrons. The third kappa shape index (κ3) is 8.80. The van der Waals surface area contributed by atoms with Gasteiger partial charge in [-0.05, 0) is 32.0 Å². The van der Waals surface area contributed by atoms with Crippen molar-refractivity contribution in [3.8, 4) is 0 Å². The van der Waals surface area contributed by atoms with Crippen molar-refractivity contribution >= 4 is 29.2 Å². The first-order chi connectivity index (χ1) is 11.0. The van der Waals surface area contributed by atoms with E-state index >= 15 is 0 Å². The van der Waals surface area contributed by atoms with Crippen molar-refractivity contribution in [3.05, 3.63) is 35.6 Å². The average molecular weight is 342 g/mol. The molecule has 0 spiro atoms. The lowest BCUT2D eigenvalue weighted by atomic mass is 10.2. The molecule has 0 amide bonds. The number of carboxylic acid groups (broad SMARTS) is 2. The van der Waals surface area contributed by atoms with Crippen molar-refractivity contribution in [1.29, 1.82) is 0 Å². The topological polar surface area (TPSA) is 103 Å². The quantitative estimate of drug-likeness (QED) is 0.718. The molecule has 0 saturated carbocycles. The number of pyridine rings is 1. The number of hydrogen-bond donors (Lipinski definition) is 3. The number of halogens is 1. The number of carbonyl (C=O) groups is 2. The number of nitrogens with zero attached hydrogens (tertiary/aromatic N) is 2. The van der Waals surface area contributed by atoms with E-state index in [-0.39, 0.29) is 0 Å². The Kier molecular flexibility index (Phi) is 8.71. The molecule has 0 radical (unpaired) electrons. The van der Waals surface area contributed by atoms with Gasteiger partial charge >= 0.3 is 11.9 Å². The van der Waals surface area contributed by atoms with Crippen molar-refractivity contribution in [2.45, 2.75) is 12.8 Å². The summed E-state index contributed by atoms with van der Waals surface area (Å²) in [5.41, 5.74) is 1.14. The van der Waals surface area contributed by atoms with Gasteiger partial charge < -0.3 is 20.4 Å². The van der Waals surface area contributed by atoms with Crippen LogP contribution in [0.4, 0.5) is 5.69 Å². The summed E-state index contributed by atoms with van der Waals surface area (Å²) in [5.74, 6) is -2.51. The van der Waals surface area contributed by atoms with E-state index in [2.05, 4.69) is 15.2 Å². The number of aliphatic carboxylic acids is 2. The van der Waals surface area contributed by atoms with E-state index in [0.29, 0.717) is 17.2 Å². The van der Waals surface area contributed by atoms with Gasteiger partial charge in [0.15, 0.2) is 0 Å². The zero-order chi connectivity index (χ0) is 17.1. The molecule has 1 aliphatic rings. The van der Waals surface area contributed by atoms with Crippen molar-refractivity contribution in [3.63, 3.8) is 0 Å². The minimum atomic E-state index is -1.26. The molecular weight excluding hydrogens is 322 g/mol. The zero-order valence-electron chi connectivity index (χ0n) is 12.6. The van der Waals surface area contributed by atoms with Crippen LogP contribution in [0.25, 0.3) is 0 Å². The van der Waals surface area contributed by atoms with Gasteiger partial charge in [-0.3, -0.25) is 4.98 Å². The van der Waals surface area contributed by atoms with E-state index < -0.39 is 11.9 Å². The minimum Gasteiger partial charge on any atom is -0.478 e. The molecule has 1 aromatic rings. The molecule has 8 heteroatoms. The molecule has 1 fully saturated rings. The summed E-state index contributed by atoms with van der Waals surface area (Å²) in [6.45, 7) is 4.36. The average Bonchev–Trinajstić information content (AvgIpc) is 2.45. The Morgan fingerprint density at radius 1 is 1.13 bits per heavy atom. The Bertz CT molecular complexity index is 527. The predicted molar refractivity (Wildman–Crippen MR) is 88.0 cm³/mol. The maximum atomic E-state index is 9.55. The van der Waals surface area contributed by atoms with Crippen LogP contribution in [-0.2, 0) is 9.59 Å². The summed E-state index contributed by atoms with van der Waals surface area (Å²) in [5, 5.41) is 19.7. The molecule has 1 saturated heterocycles. The van der Waals surface area contributed by atoms with E-state index in [0.717, 1.165) is 31.9 Å². The standard InChI is InChI=1S/C11H16ClN3.C4H4O4/c12-10-7-11(9-14-8-10)15-5-1-3-13-4-2-6-15;5-3(6)1-2-4(7)8/h7-9,13H,1-6H2;1-2H,(H,5,6)(H,7,8)/b;2-1+. The summed E-state index contributed by atoms with van der Waals surface area (Å²) in [7, 11) is 0. The highest BCUT2D eigenvalue weighted by molar-refractivity contribution is 6.30. The van der Waals surface area contributed by atoms with Crippen LogP contribution in [0.1, 0.15) is 12.8 Å². The van der Waals surface area contributed by atoms with E-state index in [1.165, 1.54) is 12.8 Å². The summed E-state index contributed by atoms with van der Waals surface area (Å²) < 4.78 is 0. The smallest absolute Gasteiger partial charge is 0.328 e. The van der Waals surface area contributed by atoms with Gasteiger partial charge in [-0.2, -0.15) is 0 Å². The molecule has 2 heterocycles. The summed E-state index contributed by atoms with van der Waals surface area (Å²) in [4.78, 5) is 25.6. The molecule has 0 aliphatic carbocycles. The fourth-order valence-electron chi connectivity index (χ4n) is 2.00. The second-order valence-electron chi connectivity index (χ2n) is 4.82. The summed E-state index contributed by atoms with van der Waals surface area (Å²) >= 11 is 5.94. The predicted octanol–water partition coefficient (Wildman–Crippen LogP) is 1.64. The van der Waals surface area contributed by atoms with Crippen LogP contribution in [0.5, 0.6) is 0 Å². The van der Waals surface area contributed by atoms with Crippen LogP contribution >= 0.6 is 11.6 Å². The van der Waals surface area contributed by atoms with Gasteiger partial charge in [0, 0.05) is 31.4 Å². The first-order valence-corrected chi connectivity index (χ1v) is 7.57. The molecule has 1 aromatic heterocycles. The molecule has 2 rings (SSSR count). The largest absolute Gasteiger partial charge is 0.478 e. The van der Waals surface area contributed by atoms with Gasteiger partial charge in [-0.25, -0.2) is 9.59 Å². The highest BCUT2D eigenvalue weighted by Crippen LogP contribution is 2.18. The van der Waals surface area contributed by atoms with Crippen LogP contribution in [-0.4, -0.2) is 53.3 Å². The summed E-state index contributed by atoms with van der Waals surface area (Å²) in [6.07, 6.45) is 7.03. The molecule has 0 aromatic carbocycles. The molecule has 23 heavy (non-hydrogen) atoms. The van der Waals surface area contributed by atoms with Gasteiger partial charge in [0.2, 0.25) is 0 Å². The normalized spacial score (nSPS) is 15.3. The van der Waals surface area contributed by atoms with Crippen LogP contribution in [0.2, 0.25) is 5.02 Å². The SMILES string of the molecule is Clc1cncc(N2CCCNCCC2)c1.O=C(O)/C=C/C(=O)O. The Morgan fingerprint density at radius 3 is 2.17 bits per heavy atom. The van der Waals surface area contributed by atoms with Crippen LogP contribution in [0.15, 0.2) is 30.6 Å². The number of anilines is 1. The minimum absolute atomic E-state index is 0.558. The maximum absolute atomic E-state index is 9.55. The third-order valence-electron chi connectivity index (χ3n) is 2.99. The monoisotopic (exact) mass is 341 g/mol. The Balaban J connectivity index is 0.000000284. The fourth-order valence-corrected chi connectivity index (χ4v) is 2.17. The lowest BCUT2D eigenvalue weighted by Gasteiger charge is -2.26. The Labute approximate surface area is 139 Å². The van der Waals surface area contributed by atoms with Crippen LogP contribution < -0.4 is 10.2 Å². The molecule has 0 bridgehead atoms. The Hall–Kier alpha value is -2.12. The van der Waals surface area contributed by atoms with Crippen LogP contribution in [0, 0.1) is 0 Å². The molecule has 0 atom stereocenters. The lowest BCUT2D eigenvalue weighted by Crippen LogP contribution is -2.33.